The molecule has 0 spiro atoms. The summed E-state index contributed by atoms with van der Waals surface area (Å²) < 4.78 is 28.2. The van der Waals surface area contributed by atoms with Crippen molar-refractivity contribution in [2.75, 3.05) is 11.4 Å². The van der Waals surface area contributed by atoms with Crippen LogP contribution in [0.1, 0.15) is 36.0 Å². The van der Waals surface area contributed by atoms with E-state index in [2.05, 4.69) is 4.72 Å². The maximum Gasteiger partial charge on any atom is 0.240 e. The van der Waals surface area contributed by atoms with Crippen molar-refractivity contribution in [3.05, 3.63) is 59.2 Å². The van der Waals surface area contributed by atoms with Gasteiger partial charge < -0.3 is 4.90 Å². The molecule has 2 aromatic rings. The fourth-order valence-corrected chi connectivity index (χ4v) is 4.78. The molecule has 2 aromatic carbocycles. The lowest BCUT2D eigenvalue weighted by Crippen LogP contribution is -2.32. The number of hydrogen-bond acceptors (Lipinski definition) is 3. The highest BCUT2D eigenvalue weighted by Gasteiger charge is 2.38. The number of nitrogens with zero attached hydrogens (tertiary/aromatic N) is 1. The van der Waals surface area contributed by atoms with Crippen molar-refractivity contribution in [1.29, 1.82) is 0 Å². The molecule has 0 aliphatic carbocycles. The first kappa shape index (κ1) is 16.3. The van der Waals surface area contributed by atoms with Gasteiger partial charge in [0.05, 0.1) is 16.5 Å². The topological polar surface area (TPSA) is 66.5 Å². The number of amides is 1. The van der Waals surface area contributed by atoms with Gasteiger partial charge in [-0.25, -0.2) is 13.1 Å². The summed E-state index contributed by atoms with van der Waals surface area (Å²) in [4.78, 5) is 14.5. The van der Waals surface area contributed by atoms with Gasteiger partial charge in [0.15, 0.2) is 0 Å². The molecule has 0 fully saturated rings. The Morgan fingerprint density at radius 3 is 2.72 bits per heavy atom. The predicted octanol–water partition coefficient (Wildman–Crippen LogP) is 2.56. The first-order valence-corrected chi connectivity index (χ1v) is 9.97. The van der Waals surface area contributed by atoms with Crippen molar-refractivity contribution in [3.63, 3.8) is 0 Å². The molecule has 0 radical (unpaired) electrons. The van der Waals surface area contributed by atoms with Crippen LogP contribution in [0, 0.1) is 0 Å². The van der Waals surface area contributed by atoms with Gasteiger partial charge in [-0.3, -0.25) is 4.79 Å². The molecule has 2 aliphatic heterocycles. The molecule has 0 bridgehead atoms. The summed E-state index contributed by atoms with van der Waals surface area (Å²) >= 11 is 0. The number of anilines is 1. The summed E-state index contributed by atoms with van der Waals surface area (Å²) in [7, 11) is -3.63. The van der Waals surface area contributed by atoms with Gasteiger partial charge in [-0.2, -0.15) is 0 Å². The third-order valence-electron chi connectivity index (χ3n) is 5.01. The molecule has 0 unspecified atom stereocenters. The zero-order valence-electron chi connectivity index (χ0n) is 14.0. The van der Waals surface area contributed by atoms with Crippen LogP contribution in [0.2, 0.25) is 0 Å². The molecule has 2 aliphatic rings. The molecule has 1 atom stereocenters. The number of carbonyl (C=O) groups excluding carboxylic acids is 1. The van der Waals surface area contributed by atoms with Crippen molar-refractivity contribution in [3.8, 4) is 0 Å². The summed E-state index contributed by atoms with van der Waals surface area (Å²) in [5, 5.41) is 0. The minimum Gasteiger partial charge on any atom is -0.311 e. The Kier molecular flexibility index (Phi) is 3.89. The first-order chi connectivity index (χ1) is 12.0. The Hall–Kier alpha value is -2.18. The largest absolute Gasteiger partial charge is 0.311 e. The number of nitrogens with one attached hydrogen (secondary N) is 1. The Labute approximate surface area is 147 Å². The van der Waals surface area contributed by atoms with E-state index in [1.165, 1.54) is 0 Å². The van der Waals surface area contributed by atoms with Gasteiger partial charge in [-0.15, -0.1) is 0 Å². The molecule has 5 nitrogen and oxygen atoms in total. The van der Waals surface area contributed by atoms with Crippen molar-refractivity contribution in [2.45, 2.75) is 37.1 Å². The van der Waals surface area contributed by atoms with Crippen LogP contribution in [-0.2, 0) is 27.8 Å². The normalized spacial score (nSPS) is 19.2. The molecule has 6 heteroatoms. The van der Waals surface area contributed by atoms with E-state index < -0.39 is 10.0 Å². The van der Waals surface area contributed by atoms with Gasteiger partial charge in [0.2, 0.25) is 15.9 Å². The summed E-state index contributed by atoms with van der Waals surface area (Å²) in [6.45, 7) is 2.82. The van der Waals surface area contributed by atoms with Crippen molar-refractivity contribution < 1.29 is 13.2 Å². The summed E-state index contributed by atoms with van der Waals surface area (Å²) in [5.74, 6) is -0.209. The van der Waals surface area contributed by atoms with Crippen LogP contribution in [0.4, 0.5) is 5.69 Å². The molecule has 0 saturated heterocycles. The highest BCUT2D eigenvalue weighted by molar-refractivity contribution is 7.89. The second-order valence-electron chi connectivity index (χ2n) is 6.65. The van der Waals surface area contributed by atoms with Crippen molar-refractivity contribution in [1.82, 2.24) is 4.72 Å². The van der Waals surface area contributed by atoms with Crippen LogP contribution in [-0.4, -0.2) is 20.9 Å². The fraction of sp³-hybridized carbons (Fsp3) is 0.316. The molecule has 1 amide bonds. The average Bonchev–Trinajstić information content (AvgIpc) is 2.88. The van der Waals surface area contributed by atoms with E-state index in [0.717, 1.165) is 41.8 Å². The van der Waals surface area contributed by atoms with Crippen molar-refractivity contribution in [2.24, 2.45) is 0 Å². The summed E-state index contributed by atoms with van der Waals surface area (Å²) in [5.41, 5.74) is 3.64. The van der Waals surface area contributed by atoms with Gasteiger partial charge in [0, 0.05) is 13.1 Å². The van der Waals surface area contributed by atoms with Gasteiger partial charge >= 0.3 is 0 Å². The molecule has 0 saturated carbocycles. The van der Waals surface area contributed by atoms with E-state index >= 15 is 0 Å². The standard InChI is InChI=1S/C19H20N2O3S/c1-13-17-11-16(10-15-8-5-9-21(18(15)17)19(13)22)25(23,24)20-12-14-6-3-2-4-7-14/h2-4,6-7,10-11,13,20H,5,8-9,12H2,1H3/t13-/m0/s1. The summed E-state index contributed by atoms with van der Waals surface area (Å²) in [6.07, 6.45) is 1.67. The van der Waals surface area contributed by atoms with Crippen LogP contribution >= 0.6 is 0 Å². The Morgan fingerprint density at radius 2 is 1.96 bits per heavy atom. The van der Waals surface area contributed by atoms with Gasteiger partial charge in [-0.1, -0.05) is 30.3 Å². The third kappa shape index (κ3) is 2.75. The predicted molar refractivity (Wildman–Crippen MR) is 96.0 cm³/mol. The van der Waals surface area contributed by atoms with Crippen LogP contribution in [0.3, 0.4) is 0 Å². The Morgan fingerprint density at radius 1 is 1.20 bits per heavy atom. The fourth-order valence-electron chi connectivity index (χ4n) is 3.68. The molecular weight excluding hydrogens is 336 g/mol. The van der Waals surface area contributed by atoms with E-state index in [4.69, 9.17) is 0 Å². The minimum absolute atomic E-state index is 0.0720. The van der Waals surface area contributed by atoms with E-state index in [1.807, 2.05) is 42.2 Å². The maximum atomic E-state index is 12.8. The number of carbonyl (C=O) groups is 1. The second-order valence-corrected chi connectivity index (χ2v) is 8.41. The van der Waals surface area contributed by atoms with E-state index in [-0.39, 0.29) is 23.3 Å². The molecular formula is C19H20N2O3S. The van der Waals surface area contributed by atoms with Gasteiger partial charge in [-0.05, 0) is 48.6 Å². The second kappa shape index (κ2) is 5.97. The number of benzene rings is 2. The molecule has 130 valence electrons. The number of sulfonamides is 1. The Balaban J connectivity index is 1.68. The lowest BCUT2D eigenvalue weighted by molar-refractivity contribution is -0.119. The van der Waals surface area contributed by atoms with Gasteiger partial charge in [0.25, 0.3) is 0 Å². The first-order valence-electron chi connectivity index (χ1n) is 8.49. The molecule has 25 heavy (non-hydrogen) atoms. The van der Waals surface area contributed by atoms with Crippen LogP contribution in [0.5, 0.6) is 0 Å². The Bertz CT molecular complexity index is 939. The smallest absolute Gasteiger partial charge is 0.240 e. The molecule has 2 heterocycles. The summed E-state index contributed by atoms with van der Waals surface area (Å²) in [6, 6.07) is 12.8. The number of hydrogen-bond donors (Lipinski definition) is 1. The van der Waals surface area contributed by atoms with Crippen LogP contribution < -0.4 is 9.62 Å². The van der Waals surface area contributed by atoms with E-state index in [1.54, 1.807) is 12.1 Å². The highest BCUT2D eigenvalue weighted by Crippen LogP contribution is 2.43. The van der Waals surface area contributed by atoms with E-state index in [9.17, 15) is 13.2 Å². The SMILES string of the molecule is C[C@@H]1C(=O)N2CCCc3cc(S(=O)(=O)NCc4ccccc4)cc1c32. The van der Waals surface area contributed by atoms with Crippen molar-refractivity contribution >= 4 is 21.6 Å². The maximum absolute atomic E-state index is 12.8. The molecule has 4 rings (SSSR count). The lowest BCUT2D eigenvalue weighted by atomic mass is 9.97. The zero-order valence-corrected chi connectivity index (χ0v) is 14.8. The average molecular weight is 356 g/mol. The molecule has 1 N–H and O–H groups in total. The van der Waals surface area contributed by atoms with Gasteiger partial charge in [0.1, 0.15) is 0 Å². The number of rotatable bonds is 4. The quantitative estimate of drug-likeness (QED) is 0.916. The minimum atomic E-state index is -3.63. The van der Waals surface area contributed by atoms with E-state index in [0.29, 0.717) is 0 Å². The third-order valence-corrected chi connectivity index (χ3v) is 6.39. The monoisotopic (exact) mass is 356 g/mol. The van der Waals surface area contributed by atoms with Crippen LogP contribution in [0.25, 0.3) is 0 Å². The molecule has 0 aromatic heterocycles. The van der Waals surface area contributed by atoms with Crippen LogP contribution in [0.15, 0.2) is 47.4 Å². The zero-order chi connectivity index (χ0) is 17.6. The number of aryl methyl sites for hydroxylation is 1. The highest BCUT2D eigenvalue weighted by atomic mass is 32.2. The lowest BCUT2D eigenvalue weighted by Gasteiger charge is -2.26.